The first-order valence-corrected chi connectivity index (χ1v) is 9.41. The van der Waals surface area contributed by atoms with Gasteiger partial charge >= 0.3 is 0 Å². The monoisotopic (exact) mass is 384 g/mol. The lowest BCUT2D eigenvalue weighted by Crippen LogP contribution is -2.50. The third-order valence-electron chi connectivity index (χ3n) is 4.87. The van der Waals surface area contributed by atoms with Gasteiger partial charge in [0.25, 0.3) is 17.7 Å². The van der Waals surface area contributed by atoms with E-state index in [0.717, 1.165) is 0 Å². The molecule has 3 amide bonds. The van der Waals surface area contributed by atoms with Crippen LogP contribution >= 0.6 is 0 Å². The third-order valence-corrected chi connectivity index (χ3v) is 4.87. The number of pyridine rings is 1. The Labute approximate surface area is 163 Å². The summed E-state index contributed by atoms with van der Waals surface area (Å²) in [5.41, 5.74) is 0.782. The molecule has 0 aliphatic carbocycles. The van der Waals surface area contributed by atoms with Crippen LogP contribution in [0.15, 0.2) is 41.3 Å². The van der Waals surface area contributed by atoms with Gasteiger partial charge in [-0.1, -0.05) is 0 Å². The van der Waals surface area contributed by atoms with E-state index in [-0.39, 0.29) is 17.7 Å². The number of nitrogens with zero attached hydrogens (tertiary/aromatic N) is 4. The minimum Gasteiger partial charge on any atom is -0.459 e. The van der Waals surface area contributed by atoms with E-state index in [1.54, 1.807) is 32.9 Å². The molecule has 148 valence electrons. The molecule has 0 spiro atoms. The number of amides is 3. The molecule has 1 saturated heterocycles. The molecule has 28 heavy (non-hydrogen) atoms. The maximum Gasteiger partial charge on any atom is 0.289 e. The molecular formula is C20H24N4O4. The zero-order valence-corrected chi connectivity index (χ0v) is 16.1. The van der Waals surface area contributed by atoms with E-state index in [2.05, 4.69) is 4.98 Å². The normalized spacial score (nSPS) is 14.1. The van der Waals surface area contributed by atoms with Crippen LogP contribution in [0, 0.1) is 0 Å². The molecule has 8 nitrogen and oxygen atoms in total. The molecule has 1 fully saturated rings. The second-order valence-corrected chi connectivity index (χ2v) is 6.50. The van der Waals surface area contributed by atoms with Crippen molar-refractivity contribution < 1.29 is 18.8 Å². The number of aromatic nitrogens is 1. The van der Waals surface area contributed by atoms with Crippen molar-refractivity contribution in [1.82, 2.24) is 19.7 Å². The van der Waals surface area contributed by atoms with E-state index in [1.807, 2.05) is 13.8 Å². The third kappa shape index (κ3) is 4.05. The van der Waals surface area contributed by atoms with Gasteiger partial charge in [0.05, 0.1) is 17.4 Å². The standard InChI is InChI=1S/C20H24N4O4/c1-3-22(4-2)18(25)15-12-16(14-21-13-15)19(26)23-7-9-24(10-8-23)20(27)17-6-5-11-28-17/h5-6,11-14H,3-4,7-10H2,1-2H3. The number of carbonyl (C=O) groups excluding carboxylic acids is 3. The highest BCUT2D eigenvalue weighted by atomic mass is 16.3. The summed E-state index contributed by atoms with van der Waals surface area (Å²) in [4.78, 5) is 46.8. The Morgan fingerprint density at radius 2 is 1.61 bits per heavy atom. The molecule has 0 unspecified atom stereocenters. The smallest absolute Gasteiger partial charge is 0.289 e. The number of rotatable bonds is 5. The van der Waals surface area contributed by atoms with Gasteiger partial charge in [0.2, 0.25) is 0 Å². The maximum absolute atomic E-state index is 12.8. The van der Waals surface area contributed by atoms with Crippen LogP contribution in [0.1, 0.15) is 45.1 Å². The SMILES string of the molecule is CCN(CC)C(=O)c1cncc(C(=O)N2CCN(C(=O)c3ccco3)CC2)c1. The second-order valence-electron chi connectivity index (χ2n) is 6.50. The van der Waals surface area contributed by atoms with Crippen molar-refractivity contribution in [2.45, 2.75) is 13.8 Å². The molecule has 3 heterocycles. The van der Waals surface area contributed by atoms with E-state index in [0.29, 0.717) is 56.2 Å². The molecule has 0 bridgehead atoms. The van der Waals surface area contributed by atoms with E-state index >= 15 is 0 Å². The zero-order valence-electron chi connectivity index (χ0n) is 16.1. The Morgan fingerprint density at radius 1 is 1.00 bits per heavy atom. The van der Waals surface area contributed by atoms with Crippen LogP contribution in [-0.2, 0) is 0 Å². The van der Waals surface area contributed by atoms with Crippen molar-refractivity contribution in [2.75, 3.05) is 39.3 Å². The van der Waals surface area contributed by atoms with Gasteiger partial charge in [0, 0.05) is 51.7 Å². The fraction of sp³-hybridized carbons (Fsp3) is 0.400. The maximum atomic E-state index is 12.8. The molecule has 0 aromatic carbocycles. The molecular weight excluding hydrogens is 360 g/mol. The molecule has 2 aromatic heterocycles. The topological polar surface area (TPSA) is 87.0 Å². The fourth-order valence-electron chi connectivity index (χ4n) is 3.22. The first-order valence-electron chi connectivity index (χ1n) is 9.41. The first-order chi connectivity index (χ1) is 13.5. The number of piperazine rings is 1. The molecule has 1 aliphatic heterocycles. The van der Waals surface area contributed by atoms with Crippen molar-refractivity contribution in [1.29, 1.82) is 0 Å². The minimum atomic E-state index is -0.188. The highest BCUT2D eigenvalue weighted by Crippen LogP contribution is 2.13. The van der Waals surface area contributed by atoms with E-state index in [4.69, 9.17) is 4.42 Å². The van der Waals surface area contributed by atoms with Crippen molar-refractivity contribution in [3.63, 3.8) is 0 Å². The summed E-state index contributed by atoms with van der Waals surface area (Å²) in [6.45, 7) is 6.70. The fourth-order valence-corrected chi connectivity index (χ4v) is 3.22. The van der Waals surface area contributed by atoms with Gasteiger partial charge in [-0.15, -0.1) is 0 Å². The predicted molar refractivity (Wildman–Crippen MR) is 102 cm³/mol. The highest BCUT2D eigenvalue weighted by molar-refractivity contribution is 5.99. The van der Waals surface area contributed by atoms with Gasteiger partial charge in [0.1, 0.15) is 0 Å². The van der Waals surface area contributed by atoms with Crippen molar-refractivity contribution >= 4 is 17.7 Å². The van der Waals surface area contributed by atoms with E-state index in [9.17, 15) is 14.4 Å². The average molecular weight is 384 g/mol. The van der Waals surface area contributed by atoms with Crippen LogP contribution < -0.4 is 0 Å². The summed E-state index contributed by atoms with van der Waals surface area (Å²) in [6.07, 6.45) is 4.42. The molecule has 2 aromatic rings. The van der Waals surface area contributed by atoms with Crippen LogP contribution in [0.4, 0.5) is 0 Å². The van der Waals surface area contributed by atoms with Gasteiger partial charge in [-0.05, 0) is 32.0 Å². The molecule has 0 N–H and O–H groups in total. The number of carbonyl (C=O) groups is 3. The minimum absolute atomic E-state index is 0.138. The highest BCUT2D eigenvalue weighted by Gasteiger charge is 2.27. The summed E-state index contributed by atoms with van der Waals surface area (Å²) >= 11 is 0. The first kappa shape index (κ1) is 19.6. The molecule has 0 radical (unpaired) electrons. The van der Waals surface area contributed by atoms with Crippen LogP contribution in [0.3, 0.4) is 0 Å². The van der Waals surface area contributed by atoms with E-state index in [1.165, 1.54) is 18.7 Å². The Kier molecular flexibility index (Phi) is 6.08. The van der Waals surface area contributed by atoms with Gasteiger partial charge < -0.3 is 19.1 Å². The lowest BCUT2D eigenvalue weighted by molar-refractivity contribution is 0.0517. The van der Waals surface area contributed by atoms with Crippen molar-refractivity contribution in [2.24, 2.45) is 0 Å². The summed E-state index contributed by atoms with van der Waals surface area (Å²) in [5, 5.41) is 0. The second kappa shape index (κ2) is 8.69. The lowest BCUT2D eigenvalue weighted by Gasteiger charge is -2.34. The number of furan rings is 1. The predicted octanol–water partition coefficient (Wildman–Crippen LogP) is 1.75. The summed E-state index contributed by atoms with van der Waals surface area (Å²) < 4.78 is 5.15. The molecule has 0 saturated carbocycles. The summed E-state index contributed by atoms with van der Waals surface area (Å²) in [7, 11) is 0. The number of hydrogen-bond acceptors (Lipinski definition) is 5. The number of hydrogen-bond donors (Lipinski definition) is 0. The Hall–Kier alpha value is -3.16. The average Bonchev–Trinajstić information content (AvgIpc) is 3.28. The van der Waals surface area contributed by atoms with Gasteiger partial charge in [-0.3, -0.25) is 19.4 Å². The van der Waals surface area contributed by atoms with Crippen LogP contribution in [-0.4, -0.2) is 76.7 Å². The quantitative estimate of drug-likeness (QED) is 0.784. The Balaban J connectivity index is 1.64. The molecule has 1 aliphatic rings. The van der Waals surface area contributed by atoms with Crippen molar-refractivity contribution in [3.05, 3.63) is 53.7 Å². The van der Waals surface area contributed by atoms with Crippen LogP contribution in [0.5, 0.6) is 0 Å². The summed E-state index contributed by atoms with van der Waals surface area (Å²) in [5.74, 6) is -0.204. The molecule has 8 heteroatoms. The van der Waals surface area contributed by atoms with Gasteiger partial charge in [-0.2, -0.15) is 0 Å². The Bertz CT molecular complexity index is 838. The van der Waals surface area contributed by atoms with Gasteiger partial charge in [-0.25, -0.2) is 0 Å². The van der Waals surface area contributed by atoms with Crippen molar-refractivity contribution in [3.8, 4) is 0 Å². The largest absolute Gasteiger partial charge is 0.459 e. The van der Waals surface area contributed by atoms with Crippen LogP contribution in [0.25, 0.3) is 0 Å². The lowest BCUT2D eigenvalue weighted by atomic mass is 10.1. The van der Waals surface area contributed by atoms with Crippen LogP contribution in [0.2, 0.25) is 0 Å². The molecule has 3 rings (SSSR count). The Morgan fingerprint density at radius 3 is 2.18 bits per heavy atom. The molecule has 0 atom stereocenters. The van der Waals surface area contributed by atoms with Gasteiger partial charge in [0.15, 0.2) is 5.76 Å². The summed E-state index contributed by atoms with van der Waals surface area (Å²) in [6, 6.07) is 4.90. The zero-order chi connectivity index (χ0) is 20.1. The van der Waals surface area contributed by atoms with E-state index < -0.39 is 0 Å².